The Balaban J connectivity index is 1.44. The fourth-order valence-electron chi connectivity index (χ4n) is 4.10. The maximum Gasteiger partial charge on any atom is 0.230 e. The van der Waals surface area contributed by atoms with Gasteiger partial charge in [0.25, 0.3) is 0 Å². The first-order valence-electron chi connectivity index (χ1n) is 12.3. The van der Waals surface area contributed by atoms with Crippen molar-refractivity contribution in [3.63, 3.8) is 0 Å². The molecule has 3 heterocycles. The molecule has 0 aliphatic carbocycles. The van der Waals surface area contributed by atoms with Crippen LogP contribution in [0, 0.1) is 5.82 Å². The molecule has 38 heavy (non-hydrogen) atoms. The molecule has 2 aromatic heterocycles. The summed E-state index contributed by atoms with van der Waals surface area (Å²) in [4.78, 5) is 28.7. The van der Waals surface area contributed by atoms with E-state index in [1.807, 2.05) is 6.26 Å². The number of H-pyrrole nitrogens is 1. The second-order valence-electron chi connectivity index (χ2n) is 9.19. The van der Waals surface area contributed by atoms with Gasteiger partial charge in [-0.3, -0.25) is 14.8 Å². The highest BCUT2D eigenvalue weighted by atomic mass is 32.2. The van der Waals surface area contributed by atoms with Crippen LogP contribution in [-0.4, -0.2) is 103 Å². The number of hydrogen-bond acceptors (Lipinski definition) is 10. The van der Waals surface area contributed by atoms with E-state index in [2.05, 4.69) is 54.6 Å². The summed E-state index contributed by atoms with van der Waals surface area (Å²) in [6, 6.07) is 7.50. The van der Waals surface area contributed by atoms with Crippen molar-refractivity contribution >= 4 is 40.8 Å². The van der Waals surface area contributed by atoms with E-state index >= 15 is 0 Å². The first kappa shape index (κ1) is 27.6. The molecule has 13 heteroatoms. The quantitative estimate of drug-likeness (QED) is 0.246. The molecule has 1 saturated heterocycles. The molecule has 0 radical (unpaired) electrons. The van der Waals surface area contributed by atoms with Crippen molar-refractivity contribution in [1.82, 2.24) is 30.0 Å². The lowest BCUT2D eigenvalue weighted by atomic mass is 10.2. The molecule has 0 bridgehead atoms. The Morgan fingerprint density at radius 1 is 1.21 bits per heavy atom. The summed E-state index contributed by atoms with van der Waals surface area (Å²) in [5.74, 6) is 1.57. The number of piperazine rings is 1. The zero-order chi connectivity index (χ0) is 27.1. The number of carbonyl (C=O) groups is 1. The monoisotopic (exact) mass is 543 g/mol. The number of carbonyl (C=O) groups excluding carboxylic acids is 1. The minimum Gasteiger partial charge on any atom is -0.490 e. The van der Waals surface area contributed by atoms with Crippen molar-refractivity contribution < 1.29 is 13.9 Å². The smallest absolute Gasteiger partial charge is 0.230 e. The van der Waals surface area contributed by atoms with Gasteiger partial charge in [-0.25, -0.2) is 14.4 Å². The van der Waals surface area contributed by atoms with Gasteiger partial charge in [0, 0.05) is 56.7 Å². The van der Waals surface area contributed by atoms with Gasteiger partial charge in [0.1, 0.15) is 5.82 Å². The fourth-order valence-corrected chi connectivity index (χ4v) is 4.46. The molecule has 0 spiro atoms. The number of hydrogen-bond donors (Lipinski definition) is 3. The number of rotatable bonds is 11. The fraction of sp³-hybridized carbons (Fsp3) is 0.440. The minimum absolute atomic E-state index is 0.0471. The van der Waals surface area contributed by atoms with Gasteiger partial charge in [-0.05, 0) is 38.6 Å². The average molecular weight is 544 g/mol. The molecule has 4 rings (SSSR count). The Labute approximate surface area is 226 Å². The summed E-state index contributed by atoms with van der Waals surface area (Å²) in [5, 5.41) is 13.7. The second-order valence-corrected chi connectivity index (χ2v) is 9.96. The van der Waals surface area contributed by atoms with Crippen molar-refractivity contribution in [2.75, 3.05) is 82.3 Å². The highest BCUT2D eigenvalue weighted by Gasteiger charge is 2.25. The largest absolute Gasteiger partial charge is 0.490 e. The van der Waals surface area contributed by atoms with Gasteiger partial charge in [0.15, 0.2) is 22.6 Å². The lowest BCUT2D eigenvalue weighted by molar-refractivity contribution is -0.115. The molecule has 1 aliphatic heterocycles. The minimum atomic E-state index is -0.412. The van der Waals surface area contributed by atoms with Gasteiger partial charge in [-0.15, -0.1) is 0 Å². The van der Waals surface area contributed by atoms with Crippen LogP contribution in [0.4, 0.5) is 27.5 Å². The highest BCUT2D eigenvalue weighted by molar-refractivity contribution is 7.98. The van der Waals surface area contributed by atoms with Gasteiger partial charge in [0.2, 0.25) is 11.7 Å². The van der Waals surface area contributed by atoms with Crippen molar-refractivity contribution in [1.29, 1.82) is 0 Å². The molecular formula is C25H34FN9O2S. The number of halogens is 1. The van der Waals surface area contributed by atoms with Gasteiger partial charge in [-0.1, -0.05) is 17.8 Å². The van der Waals surface area contributed by atoms with E-state index in [0.29, 0.717) is 33.9 Å². The maximum atomic E-state index is 13.4. The number of ether oxygens (including phenoxy) is 1. The number of likely N-dealkylation sites (N-methyl/N-ethyl adjacent to an activating group) is 1. The molecule has 0 saturated carbocycles. The Morgan fingerprint density at radius 3 is 2.68 bits per heavy atom. The number of benzene rings is 1. The van der Waals surface area contributed by atoms with Crippen molar-refractivity contribution in [2.45, 2.75) is 11.6 Å². The summed E-state index contributed by atoms with van der Waals surface area (Å²) in [6.45, 7) is 5.62. The number of thioether (sulfide) groups is 1. The third-order valence-corrected chi connectivity index (χ3v) is 6.63. The number of methoxy groups -OCH3 is 1. The number of nitrogens with zero attached hydrogens (tertiary/aromatic N) is 6. The lowest BCUT2D eigenvalue weighted by Gasteiger charge is -2.36. The summed E-state index contributed by atoms with van der Waals surface area (Å²) < 4.78 is 19.2. The lowest BCUT2D eigenvalue weighted by Crippen LogP contribution is -2.48. The van der Waals surface area contributed by atoms with E-state index in [0.717, 1.165) is 45.1 Å². The van der Waals surface area contributed by atoms with Crippen LogP contribution in [0.2, 0.25) is 0 Å². The second kappa shape index (κ2) is 12.9. The van der Waals surface area contributed by atoms with Crippen molar-refractivity contribution in [2.24, 2.45) is 0 Å². The molecule has 1 aromatic carbocycles. The summed E-state index contributed by atoms with van der Waals surface area (Å²) in [5.41, 5.74) is 0.989. The van der Waals surface area contributed by atoms with Crippen LogP contribution in [0.1, 0.15) is 5.69 Å². The topological polar surface area (TPSA) is 115 Å². The van der Waals surface area contributed by atoms with Gasteiger partial charge < -0.3 is 25.2 Å². The van der Waals surface area contributed by atoms with Crippen LogP contribution < -0.4 is 20.3 Å². The van der Waals surface area contributed by atoms with Gasteiger partial charge >= 0.3 is 0 Å². The van der Waals surface area contributed by atoms with Crippen LogP contribution in [-0.2, 0) is 11.2 Å². The Kier molecular flexibility index (Phi) is 9.37. The molecule has 0 unspecified atom stereocenters. The standard InChI is InChI=1S/C25H34FN9O2S/c1-33(2)8-9-34-10-12-35(13-11-34)24-22(37-3)23(29-25(30-24)38-4)28-20-15-19(31-32-20)16-21(36)27-18-7-5-6-17(26)14-18/h5-7,14-15H,8-13,16H2,1-4H3,(H,27,36)(H2,28,29,30,31,32). The van der Waals surface area contributed by atoms with E-state index in [1.54, 1.807) is 25.3 Å². The Morgan fingerprint density at radius 2 is 2.00 bits per heavy atom. The molecule has 3 aromatic rings. The zero-order valence-corrected chi connectivity index (χ0v) is 22.9. The van der Waals surface area contributed by atoms with Crippen molar-refractivity contribution in [3.8, 4) is 5.75 Å². The summed E-state index contributed by atoms with van der Waals surface area (Å²) in [6.07, 6.45) is 1.98. The van der Waals surface area contributed by atoms with Crippen LogP contribution in [0.5, 0.6) is 5.75 Å². The third kappa shape index (κ3) is 7.33. The zero-order valence-electron chi connectivity index (χ0n) is 22.1. The molecule has 3 N–H and O–H groups in total. The van der Waals surface area contributed by atoms with Crippen LogP contribution in [0.15, 0.2) is 35.5 Å². The maximum absolute atomic E-state index is 13.4. The number of amides is 1. The van der Waals surface area contributed by atoms with E-state index in [1.165, 1.54) is 23.9 Å². The molecule has 11 nitrogen and oxygen atoms in total. The first-order chi connectivity index (χ1) is 18.3. The van der Waals surface area contributed by atoms with Gasteiger partial charge in [-0.2, -0.15) is 5.10 Å². The first-order valence-corrected chi connectivity index (χ1v) is 13.6. The van der Waals surface area contributed by atoms with E-state index in [4.69, 9.17) is 9.72 Å². The summed E-state index contributed by atoms with van der Waals surface area (Å²) in [7, 11) is 5.78. The molecule has 1 fully saturated rings. The van der Waals surface area contributed by atoms with Crippen LogP contribution in [0.3, 0.4) is 0 Å². The molecule has 204 valence electrons. The van der Waals surface area contributed by atoms with E-state index < -0.39 is 5.82 Å². The normalized spacial score (nSPS) is 14.1. The number of nitrogens with one attached hydrogen (secondary N) is 3. The van der Waals surface area contributed by atoms with E-state index in [-0.39, 0.29) is 12.3 Å². The third-order valence-electron chi connectivity index (χ3n) is 6.09. The Bertz CT molecular complexity index is 1230. The number of aromatic nitrogens is 4. The van der Waals surface area contributed by atoms with Crippen LogP contribution in [0.25, 0.3) is 0 Å². The Hall–Kier alpha value is -3.42. The van der Waals surface area contributed by atoms with E-state index in [9.17, 15) is 9.18 Å². The average Bonchev–Trinajstić information content (AvgIpc) is 3.33. The molecule has 0 atom stereocenters. The predicted molar refractivity (Wildman–Crippen MR) is 148 cm³/mol. The number of aromatic amines is 1. The van der Waals surface area contributed by atoms with Crippen molar-refractivity contribution in [3.05, 3.63) is 41.8 Å². The molecule has 1 aliphatic rings. The number of anilines is 4. The SMILES string of the molecule is COc1c(Nc2cc(CC(=O)Nc3cccc(F)c3)[nH]n2)nc(SC)nc1N1CCN(CCN(C)C)CC1. The van der Waals surface area contributed by atoms with Gasteiger partial charge in [0.05, 0.1) is 13.5 Å². The molecular weight excluding hydrogens is 509 g/mol. The molecule has 1 amide bonds. The van der Waals surface area contributed by atoms with Crippen LogP contribution >= 0.6 is 11.8 Å². The summed E-state index contributed by atoms with van der Waals surface area (Å²) >= 11 is 1.45. The highest BCUT2D eigenvalue weighted by Crippen LogP contribution is 2.36. The predicted octanol–water partition coefficient (Wildman–Crippen LogP) is 2.68.